The van der Waals surface area contributed by atoms with Crippen LogP contribution in [-0.4, -0.2) is 56.9 Å². The van der Waals surface area contributed by atoms with Gasteiger partial charge >= 0.3 is 18.1 Å². The number of ether oxygens (including phenoxy) is 2. The van der Waals surface area contributed by atoms with Crippen LogP contribution in [0.25, 0.3) is 11.5 Å². The highest BCUT2D eigenvalue weighted by Crippen LogP contribution is 2.18. The lowest BCUT2D eigenvalue weighted by Crippen LogP contribution is -2.46. The number of nitrogens with one attached hydrogen (secondary N) is 2. The Bertz CT molecular complexity index is 983. The van der Waals surface area contributed by atoms with Gasteiger partial charge in [0.1, 0.15) is 28.7 Å². The Kier molecular flexibility index (Phi) is 8.83. The average Bonchev–Trinajstić information content (AvgIpc) is 3.32. The number of aromatic nitrogens is 3. The molecule has 0 bridgehead atoms. The zero-order valence-electron chi connectivity index (χ0n) is 20.9. The lowest BCUT2D eigenvalue weighted by atomic mass is 10.1. The van der Waals surface area contributed by atoms with Crippen molar-refractivity contribution in [1.82, 2.24) is 25.6 Å². The summed E-state index contributed by atoms with van der Waals surface area (Å²) in [4.78, 5) is 37.0. The Morgan fingerprint density at radius 3 is 2.32 bits per heavy atom. The van der Waals surface area contributed by atoms with E-state index < -0.39 is 35.3 Å². The minimum Gasteiger partial charge on any atom is -0.460 e. The number of unbranched alkanes of at least 4 members (excludes halogenated alkanes) is 1. The highest BCUT2D eigenvalue weighted by atomic mass is 16.6. The van der Waals surface area contributed by atoms with Crippen LogP contribution in [0.15, 0.2) is 22.7 Å². The van der Waals surface area contributed by atoms with E-state index in [2.05, 4.69) is 20.9 Å². The molecule has 11 nitrogen and oxygen atoms in total. The molecule has 2 rings (SSSR count). The molecule has 2 N–H and O–H groups in total. The van der Waals surface area contributed by atoms with Gasteiger partial charge in [0.25, 0.3) is 0 Å². The summed E-state index contributed by atoms with van der Waals surface area (Å²) in [5, 5.41) is 13.1. The molecule has 11 heteroatoms. The summed E-state index contributed by atoms with van der Waals surface area (Å²) in [5.74, 6) is 0.729. The maximum atomic E-state index is 12.5. The zero-order chi connectivity index (χ0) is 25.5. The molecule has 0 radical (unpaired) electrons. The van der Waals surface area contributed by atoms with Crippen molar-refractivity contribution < 1.29 is 28.3 Å². The number of alkyl carbamates (subject to hydrolysis) is 1. The molecule has 0 saturated heterocycles. The molecule has 2 aromatic rings. The van der Waals surface area contributed by atoms with Gasteiger partial charge in [-0.25, -0.2) is 14.4 Å². The van der Waals surface area contributed by atoms with Crippen molar-refractivity contribution in [2.75, 3.05) is 6.54 Å². The molecule has 0 aliphatic rings. The second-order valence-electron chi connectivity index (χ2n) is 9.92. The summed E-state index contributed by atoms with van der Waals surface area (Å²) in [6.45, 7) is 12.7. The van der Waals surface area contributed by atoms with E-state index in [0.717, 1.165) is 10.4 Å². The third-order valence-corrected chi connectivity index (χ3v) is 4.27. The van der Waals surface area contributed by atoms with Crippen LogP contribution >= 0.6 is 0 Å². The fraction of sp³-hybridized carbons (Fsp3) is 0.609. The van der Waals surface area contributed by atoms with Crippen molar-refractivity contribution in [3.05, 3.63) is 24.1 Å². The monoisotopic (exact) mass is 477 g/mol. The highest BCUT2D eigenvalue weighted by Gasteiger charge is 2.28. The molecule has 0 aromatic carbocycles. The molecule has 0 unspecified atom stereocenters. The van der Waals surface area contributed by atoms with Crippen molar-refractivity contribution in [1.29, 1.82) is 0 Å². The number of carbonyl (C=O) groups is 3. The van der Waals surface area contributed by atoms with Gasteiger partial charge in [-0.2, -0.15) is 4.68 Å². The van der Waals surface area contributed by atoms with Gasteiger partial charge in [0, 0.05) is 6.54 Å². The van der Waals surface area contributed by atoms with Crippen LogP contribution in [0.4, 0.5) is 9.59 Å². The molecule has 0 spiro atoms. The predicted molar refractivity (Wildman–Crippen MR) is 124 cm³/mol. The van der Waals surface area contributed by atoms with E-state index in [1.54, 1.807) is 53.7 Å². The minimum absolute atomic E-state index is 0.329. The van der Waals surface area contributed by atoms with Crippen LogP contribution in [-0.2, 0) is 14.3 Å². The Labute approximate surface area is 199 Å². The Morgan fingerprint density at radius 2 is 1.74 bits per heavy atom. The number of nitrogens with zero attached hydrogens (tertiary/aromatic N) is 3. The number of rotatable bonds is 8. The molecule has 0 aliphatic heterocycles. The smallest absolute Gasteiger partial charge is 0.408 e. The second kappa shape index (κ2) is 11.2. The van der Waals surface area contributed by atoms with Gasteiger partial charge in [0.05, 0.1) is 6.20 Å². The molecular weight excluding hydrogens is 442 g/mol. The van der Waals surface area contributed by atoms with Crippen molar-refractivity contribution in [2.24, 2.45) is 0 Å². The van der Waals surface area contributed by atoms with Crippen LogP contribution in [0.3, 0.4) is 0 Å². The summed E-state index contributed by atoms with van der Waals surface area (Å²) < 4.78 is 17.2. The first kappa shape index (κ1) is 26.9. The summed E-state index contributed by atoms with van der Waals surface area (Å²) in [7, 11) is 0. The maximum absolute atomic E-state index is 12.5. The van der Waals surface area contributed by atoms with Crippen molar-refractivity contribution >= 4 is 18.1 Å². The SMILES string of the molecule is Cc1ccc(-c2cn(C(=O)NCCCC[C@H](NC(=O)OC(C)(C)C)C(=O)OC(C)(C)C)nn2)o1. The van der Waals surface area contributed by atoms with E-state index >= 15 is 0 Å². The Balaban J connectivity index is 1.83. The quantitative estimate of drug-likeness (QED) is 0.432. The number of hydrogen-bond donors (Lipinski definition) is 2. The molecule has 0 fully saturated rings. The number of amides is 2. The van der Waals surface area contributed by atoms with Gasteiger partial charge in [0.15, 0.2) is 5.76 Å². The molecule has 188 valence electrons. The number of hydrogen-bond acceptors (Lipinski definition) is 8. The van der Waals surface area contributed by atoms with E-state index in [1.807, 2.05) is 6.92 Å². The Hall–Kier alpha value is -3.37. The maximum Gasteiger partial charge on any atom is 0.408 e. The highest BCUT2D eigenvalue weighted by molar-refractivity contribution is 5.81. The van der Waals surface area contributed by atoms with E-state index in [0.29, 0.717) is 37.3 Å². The second-order valence-corrected chi connectivity index (χ2v) is 9.92. The third kappa shape index (κ3) is 9.24. The minimum atomic E-state index is -0.862. The summed E-state index contributed by atoms with van der Waals surface area (Å²) in [6.07, 6.45) is 2.24. The van der Waals surface area contributed by atoms with Crippen molar-refractivity contribution in [3.63, 3.8) is 0 Å². The van der Waals surface area contributed by atoms with Gasteiger partial charge in [-0.05, 0) is 79.9 Å². The molecule has 1 atom stereocenters. The average molecular weight is 478 g/mol. The first-order chi connectivity index (χ1) is 15.7. The third-order valence-electron chi connectivity index (χ3n) is 4.27. The van der Waals surface area contributed by atoms with E-state index in [9.17, 15) is 14.4 Å². The first-order valence-corrected chi connectivity index (χ1v) is 11.2. The van der Waals surface area contributed by atoms with E-state index in [1.165, 1.54) is 6.20 Å². The number of esters is 1. The molecule has 0 aliphatic carbocycles. The molecule has 2 heterocycles. The molecule has 2 aromatic heterocycles. The van der Waals surface area contributed by atoms with Gasteiger partial charge in [-0.15, -0.1) is 5.10 Å². The van der Waals surface area contributed by atoms with Crippen LogP contribution < -0.4 is 10.6 Å². The predicted octanol–water partition coefficient (Wildman–Crippen LogP) is 3.81. The lowest BCUT2D eigenvalue weighted by molar-refractivity contribution is -0.157. The summed E-state index contributed by atoms with van der Waals surface area (Å²) in [6, 6.07) is 2.27. The van der Waals surface area contributed by atoms with Crippen LogP contribution in [0.2, 0.25) is 0 Å². The number of carbonyl (C=O) groups excluding carboxylic acids is 3. The van der Waals surface area contributed by atoms with E-state index in [-0.39, 0.29) is 0 Å². The zero-order valence-corrected chi connectivity index (χ0v) is 20.9. The van der Waals surface area contributed by atoms with Crippen LogP contribution in [0.1, 0.15) is 66.6 Å². The van der Waals surface area contributed by atoms with Crippen molar-refractivity contribution in [2.45, 2.75) is 85.0 Å². The topological polar surface area (TPSA) is 138 Å². The van der Waals surface area contributed by atoms with Crippen LogP contribution in [0, 0.1) is 6.92 Å². The van der Waals surface area contributed by atoms with Crippen molar-refractivity contribution in [3.8, 4) is 11.5 Å². The van der Waals surface area contributed by atoms with Gasteiger partial charge in [-0.3, -0.25) is 0 Å². The van der Waals surface area contributed by atoms with Gasteiger partial charge in [0.2, 0.25) is 0 Å². The van der Waals surface area contributed by atoms with Crippen LogP contribution in [0.5, 0.6) is 0 Å². The first-order valence-electron chi connectivity index (χ1n) is 11.2. The molecule has 34 heavy (non-hydrogen) atoms. The van der Waals surface area contributed by atoms with Gasteiger partial charge < -0.3 is 24.5 Å². The summed E-state index contributed by atoms with van der Waals surface area (Å²) in [5.41, 5.74) is -0.926. The molecular formula is C23H35N5O6. The lowest BCUT2D eigenvalue weighted by Gasteiger charge is -2.26. The number of furan rings is 1. The number of aryl methyl sites for hydroxylation is 1. The summed E-state index contributed by atoms with van der Waals surface area (Å²) >= 11 is 0. The van der Waals surface area contributed by atoms with E-state index in [4.69, 9.17) is 13.9 Å². The largest absolute Gasteiger partial charge is 0.460 e. The fourth-order valence-corrected chi connectivity index (χ4v) is 2.87. The van der Waals surface area contributed by atoms with Gasteiger partial charge in [-0.1, -0.05) is 5.21 Å². The Morgan fingerprint density at radius 1 is 1.06 bits per heavy atom. The molecule has 2 amide bonds. The fourth-order valence-electron chi connectivity index (χ4n) is 2.87. The normalized spacial score (nSPS) is 12.7. The standard InChI is InChI=1S/C23H35N5O6/c1-15-11-12-18(32-15)17-14-28(27-26-17)20(30)24-13-9-8-10-16(19(29)33-22(2,3)4)25-21(31)34-23(5,6)7/h11-12,14,16H,8-10,13H2,1-7H3,(H,24,30)(H,25,31)/t16-/m0/s1. The molecule has 0 saturated carbocycles.